The van der Waals surface area contributed by atoms with Crippen molar-refractivity contribution in [3.8, 4) is 5.75 Å². The number of benzene rings is 1. The number of rotatable bonds is 6. The van der Waals surface area contributed by atoms with Crippen LogP contribution in [0.25, 0.3) is 0 Å². The van der Waals surface area contributed by atoms with Crippen molar-refractivity contribution < 1.29 is 4.74 Å². The van der Waals surface area contributed by atoms with Crippen molar-refractivity contribution in [2.75, 3.05) is 13.2 Å². The molecule has 0 aromatic heterocycles. The first-order valence-electron chi connectivity index (χ1n) is 6.92. The first-order valence-corrected chi connectivity index (χ1v) is 6.92. The molecule has 2 rings (SSSR count). The highest BCUT2D eigenvalue weighted by atomic mass is 16.5. The molecule has 0 amide bonds. The quantitative estimate of drug-likeness (QED) is 0.829. The maximum Gasteiger partial charge on any atom is 0.119 e. The van der Waals surface area contributed by atoms with Crippen molar-refractivity contribution in [3.63, 3.8) is 0 Å². The van der Waals surface area contributed by atoms with Crippen LogP contribution in [0.15, 0.2) is 30.3 Å². The van der Waals surface area contributed by atoms with Gasteiger partial charge >= 0.3 is 0 Å². The Hall–Kier alpha value is -1.02. The van der Waals surface area contributed by atoms with Crippen molar-refractivity contribution >= 4 is 0 Å². The van der Waals surface area contributed by atoms with Gasteiger partial charge in [0.25, 0.3) is 0 Å². The molecule has 0 unspecified atom stereocenters. The fraction of sp³-hybridized carbons (Fsp3) is 0.625. The van der Waals surface area contributed by atoms with E-state index in [1.165, 1.54) is 12.8 Å². The average Bonchev–Trinajstić information content (AvgIpc) is 3.08. The van der Waals surface area contributed by atoms with E-state index in [4.69, 9.17) is 4.74 Å². The predicted octanol–water partition coefficient (Wildman–Crippen LogP) is 3.62. The van der Waals surface area contributed by atoms with Gasteiger partial charge in [0.05, 0.1) is 6.61 Å². The maximum absolute atomic E-state index is 5.79. The van der Waals surface area contributed by atoms with E-state index in [1.807, 2.05) is 30.3 Å². The van der Waals surface area contributed by atoms with Crippen LogP contribution in [0.4, 0.5) is 0 Å². The van der Waals surface area contributed by atoms with Gasteiger partial charge in [0.1, 0.15) is 5.75 Å². The minimum atomic E-state index is 0.218. The van der Waals surface area contributed by atoms with Crippen LogP contribution in [0, 0.1) is 5.41 Å². The normalized spacial score (nSPS) is 17.5. The summed E-state index contributed by atoms with van der Waals surface area (Å²) >= 11 is 0. The van der Waals surface area contributed by atoms with Gasteiger partial charge in [-0.2, -0.15) is 0 Å². The van der Waals surface area contributed by atoms with E-state index < -0.39 is 0 Å². The highest BCUT2D eigenvalue weighted by molar-refractivity contribution is 5.20. The van der Waals surface area contributed by atoms with Crippen LogP contribution in [-0.2, 0) is 0 Å². The zero-order valence-corrected chi connectivity index (χ0v) is 11.8. The zero-order valence-electron chi connectivity index (χ0n) is 11.8. The number of para-hydroxylation sites is 1. The summed E-state index contributed by atoms with van der Waals surface area (Å²) in [7, 11) is 0. The lowest BCUT2D eigenvalue weighted by Crippen LogP contribution is -2.40. The van der Waals surface area contributed by atoms with Crippen LogP contribution in [0.5, 0.6) is 5.75 Å². The molecule has 1 saturated carbocycles. The molecule has 1 aromatic rings. The van der Waals surface area contributed by atoms with E-state index in [0.717, 1.165) is 25.3 Å². The first kappa shape index (κ1) is 13.4. The van der Waals surface area contributed by atoms with Crippen molar-refractivity contribution in [3.05, 3.63) is 30.3 Å². The summed E-state index contributed by atoms with van der Waals surface area (Å²) in [4.78, 5) is 0. The van der Waals surface area contributed by atoms with Gasteiger partial charge in [0.2, 0.25) is 0 Å². The topological polar surface area (TPSA) is 21.3 Å². The number of hydrogen-bond donors (Lipinski definition) is 1. The molecule has 18 heavy (non-hydrogen) atoms. The molecular weight excluding hydrogens is 222 g/mol. The Morgan fingerprint density at radius 1 is 1.17 bits per heavy atom. The molecular formula is C16H25NO. The van der Waals surface area contributed by atoms with Crippen LogP contribution in [0.3, 0.4) is 0 Å². The maximum atomic E-state index is 5.79. The summed E-state index contributed by atoms with van der Waals surface area (Å²) in [6.45, 7) is 8.63. The molecule has 2 nitrogen and oxygen atoms in total. The minimum absolute atomic E-state index is 0.218. The van der Waals surface area contributed by atoms with E-state index in [0.29, 0.717) is 5.41 Å². The van der Waals surface area contributed by atoms with Gasteiger partial charge < -0.3 is 10.1 Å². The molecule has 1 aliphatic rings. The molecule has 0 saturated heterocycles. The van der Waals surface area contributed by atoms with E-state index in [2.05, 4.69) is 26.1 Å². The van der Waals surface area contributed by atoms with E-state index in [-0.39, 0.29) is 5.54 Å². The number of hydrogen-bond acceptors (Lipinski definition) is 2. The van der Waals surface area contributed by atoms with Gasteiger partial charge in [0.15, 0.2) is 0 Å². The molecule has 1 aliphatic carbocycles. The number of nitrogens with one attached hydrogen (secondary N) is 1. The molecule has 0 spiro atoms. The lowest BCUT2D eigenvalue weighted by molar-refractivity contribution is 0.254. The summed E-state index contributed by atoms with van der Waals surface area (Å²) in [6, 6.07) is 10.1. The van der Waals surface area contributed by atoms with Gasteiger partial charge in [-0.3, -0.25) is 0 Å². The minimum Gasteiger partial charge on any atom is -0.494 e. The average molecular weight is 247 g/mol. The Labute approximate surface area is 111 Å². The first-order chi connectivity index (χ1) is 8.49. The SMILES string of the molecule is CC(C)(C)NCC1(CCOc2ccccc2)CC1. The Balaban J connectivity index is 1.70. The van der Waals surface area contributed by atoms with Gasteiger partial charge in [-0.1, -0.05) is 18.2 Å². The highest BCUT2D eigenvalue weighted by Crippen LogP contribution is 2.48. The van der Waals surface area contributed by atoms with E-state index >= 15 is 0 Å². The molecule has 0 atom stereocenters. The standard InChI is InChI=1S/C16H25NO/c1-15(2,3)17-13-16(9-10-16)11-12-18-14-7-5-4-6-8-14/h4-8,17H,9-13H2,1-3H3. The van der Waals surface area contributed by atoms with Gasteiger partial charge in [0, 0.05) is 12.1 Å². The second-order valence-corrected chi connectivity index (χ2v) is 6.52. The molecule has 1 N–H and O–H groups in total. The second kappa shape index (κ2) is 5.31. The van der Waals surface area contributed by atoms with Crippen LogP contribution in [-0.4, -0.2) is 18.7 Å². The van der Waals surface area contributed by atoms with E-state index in [1.54, 1.807) is 0 Å². The lowest BCUT2D eigenvalue weighted by Gasteiger charge is -2.25. The molecule has 0 radical (unpaired) electrons. The Morgan fingerprint density at radius 3 is 2.39 bits per heavy atom. The van der Waals surface area contributed by atoms with Gasteiger partial charge in [-0.25, -0.2) is 0 Å². The Morgan fingerprint density at radius 2 is 1.83 bits per heavy atom. The summed E-state index contributed by atoms with van der Waals surface area (Å²) in [6.07, 6.45) is 3.84. The monoisotopic (exact) mass is 247 g/mol. The van der Waals surface area contributed by atoms with Crippen LogP contribution in [0.1, 0.15) is 40.0 Å². The smallest absolute Gasteiger partial charge is 0.119 e. The molecule has 2 heteroatoms. The molecule has 100 valence electrons. The van der Waals surface area contributed by atoms with Crippen molar-refractivity contribution in [1.82, 2.24) is 5.32 Å². The third-order valence-corrected chi connectivity index (χ3v) is 3.60. The fourth-order valence-corrected chi connectivity index (χ4v) is 2.05. The molecule has 0 aliphatic heterocycles. The zero-order chi connectivity index (χ0) is 13.1. The summed E-state index contributed by atoms with van der Waals surface area (Å²) in [5.74, 6) is 0.983. The number of ether oxygens (including phenoxy) is 1. The van der Waals surface area contributed by atoms with Crippen LogP contribution < -0.4 is 10.1 Å². The molecule has 0 heterocycles. The largest absolute Gasteiger partial charge is 0.494 e. The van der Waals surface area contributed by atoms with Crippen LogP contribution >= 0.6 is 0 Å². The summed E-state index contributed by atoms with van der Waals surface area (Å²) < 4.78 is 5.79. The Kier molecular flexibility index (Phi) is 3.96. The van der Waals surface area contributed by atoms with Crippen molar-refractivity contribution in [2.45, 2.75) is 45.6 Å². The highest BCUT2D eigenvalue weighted by Gasteiger charge is 2.42. The lowest BCUT2D eigenvalue weighted by atomic mass is 10.0. The predicted molar refractivity (Wildman–Crippen MR) is 76.0 cm³/mol. The second-order valence-electron chi connectivity index (χ2n) is 6.52. The third-order valence-electron chi connectivity index (χ3n) is 3.60. The molecule has 0 bridgehead atoms. The third kappa shape index (κ3) is 4.34. The van der Waals surface area contributed by atoms with Gasteiger partial charge in [-0.05, 0) is 57.6 Å². The fourth-order valence-electron chi connectivity index (χ4n) is 2.05. The van der Waals surface area contributed by atoms with Crippen molar-refractivity contribution in [1.29, 1.82) is 0 Å². The Bertz CT molecular complexity index is 362. The van der Waals surface area contributed by atoms with Crippen LogP contribution in [0.2, 0.25) is 0 Å². The van der Waals surface area contributed by atoms with E-state index in [9.17, 15) is 0 Å². The summed E-state index contributed by atoms with van der Waals surface area (Å²) in [5, 5.41) is 3.62. The van der Waals surface area contributed by atoms with Gasteiger partial charge in [-0.15, -0.1) is 0 Å². The van der Waals surface area contributed by atoms with Crippen molar-refractivity contribution in [2.24, 2.45) is 5.41 Å². The molecule has 1 fully saturated rings. The summed E-state index contributed by atoms with van der Waals surface area (Å²) in [5.41, 5.74) is 0.720. The molecule has 1 aromatic carbocycles.